The van der Waals surface area contributed by atoms with Gasteiger partial charge in [0.2, 0.25) is 0 Å². The van der Waals surface area contributed by atoms with Crippen LogP contribution in [0.15, 0.2) is 6.33 Å². The predicted molar refractivity (Wildman–Crippen MR) is 46.3 cm³/mol. The molecule has 0 aromatic carbocycles. The predicted octanol–water partition coefficient (Wildman–Crippen LogP) is -0.829. The molecule has 1 aliphatic rings. The molecule has 1 unspecified atom stereocenters. The lowest BCUT2D eigenvalue weighted by molar-refractivity contribution is -0.146. The average molecular weight is 197 g/mol. The quantitative estimate of drug-likeness (QED) is 0.576. The molecule has 1 aromatic heterocycles. The smallest absolute Gasteiger partial charge is 0.321 e. The Kier molecular flexibility index (Phi) is 2.22. The molecule has 2 heterocycles. The number of carboxylic acids is 1. The standard InChI is InChI=1S/C8H11N3O3/c12-4-11-2-6-5(9-3-10-6)1-7(11)8(13)14/h3,7,12H,1-2,4H2,(H,9,10)(H,13,14). The minimum absolute atomic E-state index is 0.255. The van der Waals surface area contributed by atoms with Crippen molar-refractivity contribution in [2.45, 2.75) is 19.0 Å². The molecule has 1 atom stereocenters. The third-order valence-electron chi connectivity index (χ3n) is 2.46. The van der Waals surface area contributed by atoms with Crippen LogP contribution in [0.2, 0.25) is 0 Å². The second kappa shape index (κ2) is 3.39. The van der Waals surface area contributed by atoms with Gasteiger partial charge in [0.05, 0.1) is 24.4 Å². The summed E-state index contributed by atoms with van der Waals surface area (Å²) in [7, 11) is 0. The second-order valence-electron chi connectivity index (χ2n) is 3.27. The van der Waals surface area contributed by atoms with Gasteiger partial charge in [-0.3, -0.25) is 9.69 Å². The van der Waals surface area contributed by atoms with Crippen LogP contribution in [-0.2, 0) is 17.8 Å². The van der Waals surface area contributed by atoms with Gasteiger partial charge in [-0.1, -0.05) is 0 Å². The number of aliphatic hydroxyl groups excluding tert-OH is 1. The third-order valence-corrected chi connectivity index (χ3v) is 2.46. The highest BCUT2D eigenvalue weighted by molar-refractivity contribution is 5.74. The van der Waals surface area contributed by atoms with Crippen LogP contribution in [0, 0.1) is 0 Å². The molecular formula is C8H11N3O3. The number of H-pyrrole nitrogens is 1. The zero-order valence-corrected chi connectivity index (χ0v) is 7.47. The van der Waals surface area contributed by atoms with Crippen LogP contribution in [-0.4, -0.2) is 43.8 Å². The van der Waals surface area contributed by atoms with Crippen molar-refractivity contribution in [3.8, 4) is 0 Å². The Balaban J connectivity index is 2.26. The highest BCUT2D eigenvalue weighted by atomic mass is 16.4. The van der Waals surface area contributed by atoms with Crippen LogP contribution in [0.4, 0.5) is 0 Å². The summed E-state index contributed by atoms with van der Waals surface area (Å²) < 4.78 is 0. The van der Waals surface area contributed by atoms with Gasteiger partial charge in [-0.2, -0.15) is 0 Å². The number of aliphatic carboxylic acids is 1. The van der Waals surface area contributed by atoms with E-state index in [-0.39, 0.29) is 6.73 Å². The van der Waals surface area contributed by atoms with E-state index in [1.54, 1.807) is 6.33 Å². The molecule has 0 saturated heterocycles. The van der Waals surface area contributed by atoms with Crippen molar-refractivity contribution >= 4 is 5.97 Å². The van der Waals surface area contributed by atoms with Gasteiger partial charge in [0.1, 0.15) is 6.04 Å². The molecular weight excluding hydrogens is 186 g/mol. The van der Waals surface area contributed by atoms with Crippen LogP contribution in [0.25, 0.3) is 0 Å². The fraction of sp³-hybridized carbons (Fsp3) is 0.500. The Hall–Kier alpha value is -1.40. The van der Waals surface area contributed by atoms with Crippen LogP contribution >= 0.6 is 0 Å². The van der Waals surface area contributed by atoms with Crippen LogP contribution < -0.4 is 0 Å². The molecule has 76 valence electrons. The van der Waals surface area contributed by atoms with Crippen LogP contribution in [0.1, 0.15) is 11.4 Å². The number of carboxylic acid groups (broad SMARTS) is 1. The van der Waals surface area contributed by atoms with Crippen molar-refractivity contribution in [3.63, 3.8) is 0 Å². The number of fused-ring (bicyclic) bond motifs is 1. The molecule has 0 saturated carbocycles. The molecule has 3 N–H and O–H groups in total. The number of rotatable bonds is 2. The van der Waals surface area contributed by atoms with Crippen molar-refractivity contribution in [1.82, 2.24) is 14.9 Å². The van der Waals surface area contributed by atoms with E-state index in [1.807, 2.05) is 0 Å². The molecule has 0 bridgehead atoms. The van der Waals surface area contributed by atoms with E-state index in [0.29, 0.717) is 13.0 Å². The number of imidazole rings is 1. The molecule has 6 heteroatoms. The zero-order chi connectivity index (χ0) is 10.1. The number of aromatic nitrogens is 2. The lowest BCUT2D eigenvalue weighted by atomic mass is 10.0. The lowest BCUT2D eigenvalue weighted by Crippen LogP contribution is -2.45. The van der Waals surface area contributed by atoms with Crippen LogP contribution in [0.5, 0.6) is 0 Å². The SMILES string of the molecule is O=C(O)C1Cc2nc[nH]c2CN1CO. The fourth-order valence-corrected chi connectivity index (χ4v) is 1.68. The number of carbonyl (C=O) groups is 1. The van der Waals surface area contributed by atoms with Crippen molar-refractivity contribution in [2.24, 2.45) is 0 Å². The minimum atomic E-state index is -0.923. The molecule has 1 aliphatic heterocycles. The highest BCUT2D eigenvalue weighted by Gasteiger charge is 2.32. The third kappa shape index (κ3) is 1.38. The summed E-state index contributed by atoms with van der Waals surface area (Å²) in [5.41, 5.74) is 1.67. The first-order valence-corrected chi connectivity index (χ1v) is 4.31. The van der Waals surface area contributed by atoms with Crippen LogP contribution in [0.3, 0.4) is 0 Å². The molecule has 0 fully saturated rings. The van der Waals surface area contributed by atoms with Gasteiger partial charge in [-0.05, 0) is 0 Å². The first-order valence-electron chi connectivity index (χ1n) is 4.31. The largest absolute Gasteiger partial charge is 0.480 e. The first-order chi connectivity index (χ1) is 6.72. The van der Waals surface area contributed by atoms with E-state index >= 15 is 0 Å². The van der Waals surface area contributed by atoms with Gasteiger partial charge in [0, 0.05) is 13.0 Å². The zero-order valence-electron chi connectivity index (χ0n) is 7.47. The summed E-state index contributed by atoms with van der Waals surface area (Å²) >= 11 is 0. The summed E-state index contributed by atoms with van der Waals surface area (Å²) in [4.78, 5) is 19.3. The number of hydrogen-bond donors (Lipinski definition) is 3. The molecule has 2 rings (SSSR count). The average Bonchev–Trinajstić information content (AvgIpc) is 2.62. The summed E-state index contributed by atoms with van der Waals surface area (Å²) in [6.07, 6.45) is 1.89. The van der Waals surface area contributed by atoms with E-state index < -0.39 is 12.0 Å². The molecule has 1 aromatic rings. The summed E-state index contributed by atoms with van der Waals surface area (Å²) in [5, 5.41) is 17.9. The Labute approximate surface area is 80.2 Å². The molecule has 0 amide bonds. The van der Waals surface area contributed by atoms with Gasteiger partial charge in [-0.15, -0.1) is 0 Å². The lowest BCUT2D eigenvalue weighted by Gasteiger charge is -2.30. The van der Waals surface area contributed by atoms with E-state index in [9.17, 15) is 4.79 Å². The van der Waals surface area contributed by atoms with Gasteiger partial charge >= 0.3 is 5.97 Å². The molecule has 6 nitrogen and oxygen atoms in total. The molecule has 0 spiro atoms. The number of aliphatic hydroxyl groups is 1. The number of nitrogens with one attached hydrogen (secondary N) is 1. The monoisotopic (exact) mass is 197 g/mol. The van der Waals surface area contributed by atoms with Gasteiger partial charge in [-0.25, -0.2) is 4.98 Å². The maximum atomic E-state index is 10.9. The molecule has 14 heavy (non-hydrogen) atoms. The maximum absolute atomic E-state index is 10.9. The number of nitrogens with zero attached hydrogens (tertiary/aromatic N) is 2. The van der Waals surface area contributed by atoms with E-state index in [2.05, 4.69) is 9.97 Å². The van der Waals surface area contributed by atoms with E-state index in [4.69, 9.17) is 10.2 Å². The number of aromatic amines is 1. The van der Waals surface area contributed by atoms with E-state index in [0.717, 1.165) is 11.4 Å². The highest BCUT2D eigenvalue weighted by Crippen LogP contribution is 2.19. The second-order valence-corrected chi connectivity index (χ2v) is 3.27. The Morgan fingerprint density at radius 1 is 1.79 bits per heavy atom. The summed E-state index contributed by atoms with van der Waals surface area (Å²) in [6.45, 7) is 0.151. The van der Waals surface area contributed by atoms with Crippen molar-refractivity contribution in [2.75, 3.05) is 6.73 Å². The first kappa shape index (κ1) is 9.17. The van der Waals surface area contributed by atoms with Gasteiger partial charge in [0.25, 0.3) is 0 Å². The fourth-order valence-electron chi connectivity index (χ4n) is 1.68. The Morgan fingerprint density at radius 3 is 3.21 bits per heavy atom. The Bertz CT molecular complexity index is 349. The number of hydrogen-bond acceptors (Lipinski definition) is 4. The normalized spacial score (nSPS) is 21.9. The van der Waals surface area contributed by atoms with Crippen molar-refractivity contribution < 1.29 is 15.0 Å². The van der Waals surface area contributed by atoms with E-state index in [1.165, 1.54) is 4.90 Å². The Morgan fingerprint density at radius 2 is 2.57 bits per heavy atom. The van der Waals surface area contributed by atoms with Gasteiger partial charge in [0.15, 0.2) is 0 Å². The minimum Gasteiger partial charge on any atom is -0.480 e. The summed E-state index contributed by atoms with van der Waals surface area (Å²) in [5.74, 6) is -0.923. The molecule has 0 radical (unpaired) electrons. The maximum Gasteiger partial charge on any atom is 0.321 e. The molecule has 0 aliphatic carbocycles. The van der Waals surface area contributed by atoms with Crippen molar-refractivity contribution in [3.05, 3.63) is 17.7 Å². The van der Waals surface area contributed by atoms with Crippen molar-refractivity contribution in [1.29, 1.82) is 0 Å². The van der Waals surface area contributed by atoms with Gasteiger partial charge < -0.3 is 15.2 Å². The summed E-state index contributed by atoms with van der Waals surface area (Å²) in [6, 6.07) is -0.671. The topological polar surface area (TPSA) is 89.4 Å².